The lowest BCUT2D eigenvalue weighted by Crippen LogP contribution is -2.32. The predicted octanol–water partition coefficient (Wildman–Crippen LogP) is 2.41. The molecule has 0 bridgehead atoms. The monoisotopic (exact) mass is 262 g/mol. The van der Waals surface area contributed by atoms with Crippen molar-refractivity contribution in [2.75, 3.05) is 26.8 Å². The van der Waals surface area contributed by atoms with Crippen molar-refractivity contribution in [2.24, 2.45) is 0 Å². The fraction of sp³-hybridized carbons (Fsp3) is 0.625. The second-order valence-corrected chi connectivity index (χ2v) is 5.38. The van der Waals surface area contributed by atoms with Gasteiger partial charge in [0.25, 0.3) is 0 Å². The summed E-state index contributed by atoms with van der Waals surface area (Å²) in [5.41, 5.74) is 2.85. The summed E-state index contributed by atoms with van der Waals surface area (Å²) in [6, 6.07) is 9.33. The maximum Gasteiger partial charge on any atom is 0.0622 e. The van der Waals surface area contributed by atoms with Gasteiger partial charge < -0.3 is 10.1 Å². The van der Waals surface area contributed by atoms with Crippen LogP contribution in [0.1, 0.15) is 30.9 Å². The third-order valence-electron chi connectivity index (χ3n) is 3.81. The Kier molecular flexibility index (Phi) is 5.83. The van der Waals surface area contributed by atoms with E-state index in [0.29, 0.717) is 6.04 Å². The molecule has 0 aromatic heterocycles. The summed E-state index contributed by atoms with van der Waals surface area (Å²) in [6.07, 6.45) is 2.34. The molecule has 0 radical (unpaired) electrons. The zero-order valence-electron chi connectivity index (χ0n) is 12.2. The first-order valence-electron chi connectivity index (χ1n) is 7.36. The van der Waals surface area contributed by atoms with Crippen LogP contribution < -0.4 is 5.32 Å². The number of nitrogens with one attached hydrogen (secondary N) is 1. The highest BCUT2D eigenvalue weighted by atomic mass is 16.5. The Morgan fingerprint density at radius 1 is 1.32 bits per heavy atom. The first-order valence-corrected chi connectivity index (χ1v) is 7.36. The minimum absolute atomic E-state index is 0.580. The van der Waals surface area contributed by atoms with Crippen molar-refractivity contribution in [1.82, 2.24) is 10.2 Å². The van der Waals surface area contributed by atoms with Crippen LogP contribution in [0.15, 0.2) is 24.3 Å². The van der Waals surface area contributed by atoms with E-state index in [2.05, 4.69) is 48.5 Å². The Morgan fingerprint density at radius 2 is 2.11 bits per heavy atom. The maximum atomic E-state index is 5.47. The van der Waals surface area contributed by atoms with Crippen molar-refractivity contribution in [1.29, 1.82) is 0 Å². The largest absolute Gasteiger partial charge is 0.380 e. The molecule has 3 nitrogen and oxygen atoms in total. The van der Waals surface area contributed by atoms with Crippen LogP contribution in [0.4, 0.5) is 0 Å². The number of rotatable bonds is 7. The third-order valence-corrected chi connectivity index (χ3v) is 3.81. The number of ether oxygens (including phenoxy) is 1. The molecular weight excluding hydrogens is 236 g/mol. The van der Waals surface area contributed by atoms with Crippen LogP contribution in [0.3, 0.4) is 0 Å². The van der Waals surface area contributed by atoms with Crippen molar-refractivity contribution in [3.63, 3.8) is 0 Å². The Hall–Kier alpha value is -0.900. The summed E-state index contributed by atoms with van der Waals surface area (Å²) in [6.45, 7) is 7.06. The van der Waals surface area contributed by atoms with Crippen molar-refractivity contribution in [3.8, 4) is 0 Å². The Labute approximate surface area is 116 Å². The predicted molar refractivity (Wildman–Crippen MR) is 79.1 cm³/mol. The van der Waals surface area contributed by atoms with E-state index < -0.39 is 0 Å². The first-order chi connectivity index (χ1) is 9.31. The normalized spacial score (nSPS) is 19.2. The number of likely N-dealkylation sites (N-methyl/N-ethyl adjacent to an activating group) is 1. The topological polar surface area (TPSA) is 24.5 Å². The fourth-order valence-corrected chi connectivity index (χ4v) is 2.55. The molecule has 19 heavy (non-hydrogen) atoms. The van der Waals surface area contributed by atoms with E-state index in [1.165, 1.54) is 17.5 Å². The van der Waals surface area contributed by atoms with Crippen molar-refractivity contribution in [2.45, 2.75) is 38.9 Å². The van der Waals surface area contributed by atoms with Crippen LogP contribution in [-0.2, 0) is 17.8 Å². The molecule has 1 saturated heterocycles. The van der Waals surface area contributed by atoms with Crippen LogP contribution in [0.5, 0.6) is 0 Å². The van der Waals surface area contributed by atoms with E-state index in [4.69, 9.17) is 4.74 Å². The quantitative estimate of drug-likeness (QED) is 0.764. The molecule has 1 aliphatic rings. The highest BCUT2D eigenvalue weighted by Crippen LogP contribution is 2.16. The zero-order chi connectivity index (χ0) is 13.5. The van der Waals surface area contributed by atoms with E-state index in [-0.39, 0.29) is 0 Å². The summed E-state index contributed by atoms with van der Waals surface area (Å²) < 4.78 is 5.47. The lowest BCUT2D eigenvalue weighted by Gasteiger charge is -2.24. The van der Waals surface area contributed by atoms with Crippen molar-refractivity contribution >= 4 is 0 Å². The van der Waals surface area contributed by atoms with Gasteiger partial charge in [-0.15, -0.1) is 0 Å². The molecule has 1 aliphatic heterocycles. The first kappa shape index (κ1) is 14.5. The van der Waals surface area contributed by atoms with Crippen LogP contribution in [0.2, 0.25) is 0 Å². The van der Waals surface area contributed by atoms with Gasteiger partial charge >= 0.3 is 0 Å². The summed E-state index contributed by atoms with van der Waals surface area (Å²) in [7, 11) is 2.20. The number of hydrogen-bond acceptors (Lipinski definition) is 3. The van der Waals surface area contributed by atoms with Gasteiger partial charge in [-0.1, -0.05) is 31.2 Å². The smallest absolute Gasteiger partial charge is 0.0622 e. The van der Waals surface area contributed by atoms with E-state index >= 15 is 0 Å². The highest BCUT2D eigenvalue weighted by molar-refractivity contribution is 5.27. The van der Waals surface area contributed by atoms with Crippen LogP contribution >= 0.6 is 0 Å². The number of hydrogen-bond donors (Lipinski definition) is 1. The second kappa shape index (κ2) is 7.63. The molecule has 1 N–H and O–H groups in total. The van der Waals surface area contributed by atoms with Crippen LogP contribution in [0, 0.1) is 0 Å². The molecule has 3 heteroatoms. The fourth-order valence-electron chi connectivity index (χ4n) is 2.55. The minimum atomic E-state index is 0.580. The van der Waals surface area contributed by atoms with E-state index in [1.54, 1.807) is 0 Å². The average Bonchev–Trinajstić information content (AvgIpc) is 2.95. The molecule has 1 aromatic rings. The van der Waals surface area contributed by atoms with Gasteiger partial charge in [0.15, 0.2) is 0 Å². The van der Waals surface area contributed by atoms with Crippen molar-refractivity contribution < 1.29 is 4.74 Å². The Balaban J connectivity index is 1.94. The average molecular weight is 262 g/mol. The molecule has 0 amide bonds. The highest BCUT2D eigenvalue weighted by Gasteiger charge is 2.20. The van der Waals surface area contributed by atoms with Gasteiger partial charge in [-0.25, -0.2) is 0 Å². The molecular formula is C16H26N2O. The molecule has 1 heterocycles. The number of nitrogens with zero attached hydrogens (tertiary/aromatic N) is 1. The molecule has 106 valence electrons. The third kappa shape index (κ3) is 4.30. The molecule has 1 atom stereocenters. The van der Waals surface area contributed by atoms with Gasteiger partial charge in [0.2, 0.25) is 0 Å². The second-order valence-electron chi connectivity index (χ2n) is 5.38. The molecule has 0 aliphatic carbocycles. The molecule has 1 fully saturated rings. The van der Waals surface area contributed by atoms with E-state index in [0.717, 1.165) is 39.3 Å². The molecule has 0 spiro atoms. The molecule has 0 saturated carbocycles. The summed E-state index contributed by atoms with van der Waals surface area (Å²) in [4.78, 5) is 2.42. The van der Waals surface area contributed by atoms with Gasteiger partial charge in [-0.05, 0) is 37.6 Å². The van der Waals surface area contributed by atoms with Crippen LogP contribution in [-0.4, -0.2) is 37.7 Å². The lowest BCUT2D eigenvalue weighted by atomic mass is 10.1. The SMILES string of the molecule is CCCNCc1ccccc1CN(C)C1CCOC1. The van der Waals surface area contributed by atoms with Gasteiger partial charge in [0.05, 0.1) is 6.61 Å². The van der Waals surface area contributed by atoms with Crippen molar-refractivity contribution in [3.05, 3.63) is 35.4 Å². The maximum absolute atomic E-state index is 5.47. The van der Waals surface area contributed by atoms with Gasteiger partial charge in [-0.2, -0.15) is 0 Å². The standard InChI is InChI=1S/C16H26N2O/c1-3-9-17-11-14-6-4-5-7-15(14)12-18(2)16-8-10-19-13-16/h4-7,16-17H,3,8-13H2,1-2H3. The van der Waals surface area contributed by atoms with Crippen LogP contribution in [0.25, 0.3) is 0 Å². The Morgan fingerprint density at radius 3 is 2.79 bits per heavy atom. The number of benzene rings is 1. The minimum Gasteiger partial charge on any atom is -0.380 e. The molecule has 1 aromatic carbocycles. The Bertz CT molecular complexity index is 375. The van der Waals surface area contributed by atoms with Gasteiger partial charge in [0.1, 0.15) is 0 Å². The van der Waals surface area contributed by atoms with E-state index in [1.807, 2.05) is 0 Å². The zero-order valence-corrected chi connectivity index (χ0v) is 12.2. The lowest BCUT2D eigenvalue weighted by molar-refractivity contribution is 0.156. The summed E-state index contributed by atoms with van der Waals surface area (Å²) in [5, 5.41) is 3.49. The van der Waals surface area contributed by atoms with Gasteiger partial charge in [-0.3, -0.25) is 4.90 Å². The summed E-state index contributed by atoms with van der Waals surface area (Å²) >= 11 is 0. The summed E-state index contributed by atoms with van der Waals surface area (Å²) in [5.74, 6) is 0. The van der Waals surface area contributed by atoms with E-state index in [9.17, 15) is 0 Å². The molecule has 2 rings (SSSR count). The molecule has 1 unspecified atom stereocenters. The van der Waals surface area contributed by atoms with Gasteiger partial charge in [0, 0.05) is 25.7 Å².